The summed E-state index contributed by atoms with van der Waals surface area (Å²) >= 11 is 0. The Morgan fingerprint density at radius 2 is 1.03 bits per heavy atom. The topological polar surface area (TPSA) is 0 Å². The van der Waals surface area contributed by atoms with Crippen LogP contribution in [0.2, 0.25) is 0 Å². The van der Waals surface area contributed by atoms with Crippen molar-refractivity contribution in [3.8, 4) is 0 Å². The first-order valence-electron chi connectivity index (χ1n) is 16.3. The monoisotopic (exact) mass is 510 g/mol. The summed E-state index contributed by atoms with van der Waals surface area (Å²) in [6.45, 7) is 17.0. The van der Waals surface area contributed by atoms with Crippen molar-refractivity contribution >= 4 is 0 Å². The molecule has 6 rings (SSSR count). The fourth-order valence-electron chi connectivity index (χ4n) is 11.1. The van der Waals surface area contributed by atoms with Crippen LogP contribution in [-0.4, -0.2) is 0 Å². The highest BCUT2D eigenvalue weighted by Crippen LogP contribution is 2.61. The van der Waals surface area contributed by atoms with Crippen LogP contribution in [0.3, 0.4) is 0 Å². The lowest BCUT2D eigenvalue weighted by Gasteiger charge is -2.42. The van der Waals surface area contributed by atoms with Gasteiger partial charge in [-0.05, 0) is 149 Å². The molecule has 0 N–H and O–H groups in total. The van der Waals surface area contributed by atoms with Gasteiger partial charge in [0.05, 0.1) is 0 Å². The highest BCUT2D eigenvalue weighted by atomic mass is 14.6. The molecule has 0 aliphatic heterocycles. The number of aryl methyl sites for hydroxylation is 4. The number of rotatable bonds is 4. The molecule has 0 saturated heterocycles. The van der Waals surface area contributed by atoms with E-state index in [0.29, 0.717) is 0 Å². The Balaban J connectivity index is 1.23. The van der Waals surface area contributed by atoms with Crippen molar-refractivity contribution in [1.29, 1.82) is 0 Å². The van der Waals surface area contributed by atoms with E-state index >= 15 is 0 Å². The second kappa shape index (κ2) is 10.4. The third-order valence-corrected chi connectivity index (χ3v) is 12.3. The molecule has 0 aromatic heterocycles. The molecule has 0 nitrogen and oxygen atoms in total. The first-order chi connectivity index (χ1) is 18.2. The molecule has 0 bridgehead atoms. The molecular formula is C38H54. The quantitative estimate of drug-likeness (QED) is 0.384. The predicted molar refractivity (Wildman–Crippen MR) is 163 cm³/mol. The summed E-state index contributed by atoms with van der Waals surface area (Å²) in [7, 11) is 0. The second-order valence-corrected chi connectivity index (χ2v) is 15.2. The van der Waals surface area contributed by atoms with E-state index in [1.54, 1.807) is 11.1 Å². The van der Waals surface area contributed by atoms with E-state index in [0.717, 1.165) is 65.1 Å². The Kier molecular flexibility index (Phi) is 7.33. The molecule has 2 aromatic carbocycles. The van der Waals surface area contributed by atoms with Crippen molar-refractivity contribution in [2.24, 2.45) is 53.3 Å². The molecule has 0 spiro atoms. The lowest BCUT2D eigenvalue weighted by Crippen LogP contribution is -2.33. The third-order valence-electron chi connectivity index (χ3n) is 12.3. The van der Waals surface area contributed by atoms with Gasteiger partial charge in [-0.1, -0.05) is 85.8 Å². The molecular weight excluding hydrogens is 456 g/mol. The van der Waals surface area contributed by atoms with Gasteiger partial charge in [0.25, 0.3) is 0 Å². The number of benzene rings is 2. The van der Waals surface area contributed by atoms with Gasteiger partial charge in [0.1, 0.15) is 0 Å². The maximum absolute atomic E-state index is 2.64. The van der Waals surface area contributed by atoms with Gasteiger partial charge in [-0.25, -0.2) is 0 Å². The first kappa shape index (κ1) is 26.7. The summed E-state index contributed by atoms with van der Waals surface area (Å²) in [5, 5.41) is 0. The number of hydrogen-bond donors (Lipinski definition) is 0. The Bertz CT molecular complexity index is 1100. The smallest absolute Gasteiger partial charge is 0.0128 e. The third kappa shape index (κ3) is 4.92. The van der Waals surface area contributed by atoms with Gasteiger partial charge < -0.3 is 0 Å². The van der Waals surface area contributed by atoms with Gasteiger partial charge in [-0.15, -0.1) is 0 Å². The minimum Gasteiger partial charge on any atom is -0.0625 e. The van der Waals surface area contributed by atoms with Crippen molar-refractivity contribution in [3.63, 3.8) is 0 Å². The molecule has 0 heterocycles. The molecule has 4 fully saturated rings. The molecule has 2 aromatic rings. The van der Waals surface area contributed by atoms with Crippen LogP contribution in [0.5, 0.6) is 0 Å². The minimum atomic E-state index is 0.784. The van der Waals surface area contributed by atoms with Crippen molar-refractivity contribution < 1.29 is 0 Å². The summed E-state index contributed by atoms with van der Waals surface area (Å²) in [6.07, 6.45) is 11.7. The van der Waals surface area contributed by atoms with Crippen LogP contribution in [0, 0.1) is 81.0 Å². The number of fused-ring (bicyclic) bond motifs is 2. The molecule has 0 amide bonds. The fraction of sp³-hybridized carbons (Fsp3) is 0.684. The zero-order valence-electron chi connectivity index (χ0n) is 25.5. The van der Waals surface area contributed by atoms with E-state index in [4.69, 9.17) is 0 Å². The van der Waals surface area contributed by atoms with Gasteiger partial charge in [0, 0.05) is 0 Å². The molecule has 11 atom stereocenters. The average molecular weight is 511 g/mol. The lowest BCUT2D eigenvalue weighted by atomic mass is 9.63. The van der Waals surface area contributed by atoms with Gasteiger partial charge in [0.15, 0.2) is 0 Å². The molecule has 0 heteroatoms. The zero-order valence-corrected chi connectivity index (χ0v) is 25.5. The Morgan fingerprint density at radius 3 is 1.61 bits per heavy atom. The molecule has 11 unspecified atom stereocenters. The molecule has 206 valence electrons. The van der Waals surface area contributed by atoms with Gasteiger partial charge in [-0.2, -0.15) is 0 Å². The van der Waals surface area contributed by atoms with Crippen LogP contribution in [0.25, 0.3) is 0 Å². The van der Waals surface area contributed by atoms with Crippen molar-refractivity contribution in [2.45, 2.75) is 112 Å². The Hall–Kier alpha value is -1.56. The Labute approximate surface area is 234 Å². The fourth-order valence-corrected chi connectivity index (χ4v) is 11.1. The Morgan fingerprint density at radius 1 is 0.526 bits per heavy atom. The summed E-state index contributed by atoms with van der Waals surface area (Å²) in [6, 6.07) is 14.8. The van der Waals surface area contributed by atoms with Crippen LogP contribution in [-0.2, 0) is 0 Å². The molecule has 4 saturated carbocycles. The highest BCUT2D eigenvalue weighted by molar-refractivity contribution is 5.33. The largest absolute Gasteiger partial charge is 0.0625 e. The standard InChI is InChI=1S/C38H54/c1-22-11-23(2)14-29(13-22)31-9-8-10-32-33(27(6)19-37(31)32)21-34-28(7)20-38-35(17-26(5)18-36(34)38)30-15-24(3)12-25(4)16-30/h11-16,26-28,31-38H,8-10,17-21H2,1-7H3. The van der Waals surface area contributed by atoms with Gasteiger partial charge in [0.2, 0.25) is 0 Å². The molecule has 38 heavy (non-hydrogen) atoms. The van der Waals surface area contributed by atoms with Crippen LogP contribution in [0.4, 0.5) is 0 Å². The second-order valence-electron chi connectivity index (χ2n) is 15.2. The SMILES string of the molecule is Cc1cc(C)cc(C2CCCC3C(CC4C(C)CC5C(c6cc(C)cc(C)c6)CC(C)CC45)C(C)CC23)c1. The van der Waals surface area contributed by atoms with Crippen molar-refractivity contribution in [1.82, 2.24) is 0 Å². The molecule has 0 radical (unpaired) electrons. The maximum atomic E-state index is 2.64. The summed E-state index contributed by atoms with van der Waals surface area (Å²) in [4.78, 5) is 0. The van der Waals surface area contributed by atoms with Crippen LogP contribution >= 0.6 is 0 Å². The average Bonchev–Trinajstić information content (AvgIpc) is 3.33. The molecule has 4 aliphatic carbocycles. The molecule has 4 aliphatic rings. The normalized spacial score (nSPS) is 40.7. The van der Waals surface area contributed by atoms with E-state index in [2.05, 4.69) is 84.9 Å². The van der Waals surface area contributed by atoms with E-state index in [9.17, 15) is 0 Å². The lowest BCUT2D eigenvalue weighted by molar-refractivity contribution is 0.110. The van der Waals surface area contributed by atoms with Gasteiger partial charge in [-0.3, -0.25) is 0 Å². The summed E-state index contributed by atoms with van der Waals surface area (Å²) in [5.41, 5.74) is 9.16. The van der Waals surface area contributed by atoms with Crippen LogP contribution < -0.4 is 0 Å². The van der Waals surface area contributed by atoms with E-state index in [1.807, 2.05) is 0 Å². The van der Waals surface area contributed by atoms with Crippen LogP contribution in [0.1, 0.15) is 117 Å². The predicted octanol–water partition coefficient (Wildman–Crippen LogP) is 10.6. The number of hydrogen-bond acceptors (Lipinski definition) is 0. The van der Waals surface area contributed by atoms with Gasteiger partial charge >= 0.3 is 0 Å². The van der Waals surface area contributed by atoms with E-state index in [-0.39, 0.29) is 0 Å². The summed E-state index contributed by atoms with van der Waals surface area (Å²) < 4.78 is 0. The van der Waals surface area contributed by atoms with E-state index in [1.165, 1.54) is 73.6 Å². The van der Waals surface area contributed by atoms with E-state index < -0.39 is 0 Å². The summed E-state index contributed by atoms with van der Waals surface area (Å²) in [5.74, 6) is 9.90. The first-order valence-corrected chi connectivity index (χ1v) is 16.3. The minimum absolute atomic E-state index is 0.784. The maximum Gasteiger partial charge on any atom is -0.0128 e. The van der Waals surface area contributed by atoms with Crippen molar-refractivity contribution in [2.75, 3.05) is 0 Å². The highest BCUT2D eigenvalue weighted by Gasteiger charge is 2.52. The van der Waals surface area contributed by atoms with Crippen LogP contribution in [0.15, 0.2) is 36.4 Å². The zero-order chi connectivity index (χ0) is 26.7. The van der Waals surface area contributed by atoms with Crippen molar-refractivity contribution in [3.05, 3.63) is 69.8 Å².